The molecule has 0 atom stereocenters. The van der Waals surface area contributed by atoms with Crippen molar-refractivity contribution in [2.75, 3.05) is 31.2 Å². The van der Waals surface area contributed by atoms with Gasteiger partial charge in [0.2, 0.25) is 3.79 Å². The fourth-order valence-electron chi connectivity index (χ4n) is 1.51. The van der Waals surface area contributed by atoms with Gasteiger partial charge in [-0.05, 0) is 12.1 Å². The Balaban J connectivity index is 2.19. The van der Waals surface area contributed by atoms with Crippen LogP contribution in [0.5, 0.6) is 0 Å². The molecule has 0 amide bonds. The second-order valence-electron chi connectivity index (χ2n) is 3.28. The van der Waals surface area contributed by atoms with E-state index in [4.69, 9.17) is 4.74 Å². The van der Waals surface area contributed by atoms with Gasteiger partial charge in [0.05, 0.1) is 13.2 Å². The number of hydrogen-bond acceptors (Lipinski definition) is 4. The van der Waals surface area contributed by atoms with Crippen LogP contribution in [0.25, 0.3) is 0 Å². The van der Waals surface area contributed by atoms with Crippen molar-refractivity contribution in [2.45, 2.75) is 0 Å². The smallest absolute Gasteiger partial charge is 0.222 e. The van der Waals surface area contributed by atoms with Crippen LogP contribution in [0.1, 0.15) is 10.4 Å². The Morgan fingerprint density at radius 3 is 2.87 bits per heavy atom. The maximum atomic E-state index is 11.2. The first kappa shape index (κ1) is 10.8. The Labute approximate surface area is 102 Å². The van der Waals surface area contributed by atoms with Crippen molar-refractivity contribution in [3.63, 3.8) is 0 Å². The predicted octanol–water partition coefficient (Wildman–Crippen LogP) is 1.49. The Morgan fingerprint density at radius 1 is 1.47 bits per heavy atom. The monoisotopic (exact) mass is 318 g/mol. The van der Waals surface area contributed by atoms with E-state index in [1.807, 2.05) is 6.07 Å². The molecule has 4 nitrogen and oxygen atoms in total. The summed E-state index contributed by atoms with van der Waals surface area (Å²) in [7, 11) is 0. The number of nitrogens with zero attached hydrogens (tertiary/aromatic N) is 2. The number of hydrogen-bond donors (Lipinski definition) is 0. The highest BCUT2D eigenvalue weighted by Gasteiger charge is 2.13. The summed E-state index contributed by atoms with van der Waals surface area (Å²) in [6.07, 6.45) is 1.68. The molecule has 0 bridgehead atoms. The molecule has 0 spiro atoms. The molecule has 2 heterocycles. The van der Waals surface area contributed by atoms with Crippen LogP contribution in [-0.4, -0.2) is 35.1 Å². The van der Waals surface area contributed by atoms with Crippen LogP contribution in [0.4, 0.5) is 5.82 Å². The lowest BCUT2D eigenvalue weighted by Crippen LogP contribution is -2.36. The van der Waals surface area contributed by atoms with Crippen LogP contribution in [0.15, 0.2) is 18.3 Å². The molecular weight excluding hydrogens is 307 g/mol. The van der Waals surface area contributed by atoms with Gasteiger partial charge in [-0.1, -0.05) is 0 Å². The number of rotatable bonds is 2. The zero-order valence-electron chi connectivity index (χ0n) is 8.15. The average Bonchev–Trinajstić information content (AvgIpc) is 2.30. The first-order chi connectivity index (χ1) is 7.27. The molecular formula is C10H11IN2O2. The third-order valence-electron chi connectivity index (χ3n) is 2.31. The summed E-state index contributed by atoms with van der Waals surface area (Å²) in [6, 6.07) is 3.57. The van der Waals surface area contributed by atoms with E-state index in [9.17, 15) is 4.79 Å². The fourth-order valence-corrected chi connectivity index (χ4v) is 1.84. The van der Waals surface area contributed by atoms with E-state index < -0.39 is 0 Å². The Kier molecular flexibility index (Phi) is 3.53. The van der Waals surface area contributed by atoms with Gasteiger partial charge in [-0.2, -0.15) is 0 Å². The minimum atomic E-state index is 0.0458. The topological polar surface area (TPSA) is 42.4 Å². The fraction of sp³-hybridized carbons (Fsp3) is 0.400. The van der Waals surface area contributed by atoms with Crippen molar-refractivity contribution in [1.82, 2.24) is 4.98 Å². The summed E-state index contributed by atoms with van der Waals surface area (Å²) in [5, 5.41) is 0. The zero-order valence-corrected chi connectivity index (χ0v) is 10.3. The lowest BCUT2D eigenvalue weighted by molar-refractivity contribution is 0.110. The number of ether oxygens (including phenoxy) is 1. The highest BCUT2D eigenvalue weighted by atomic mass is 127. The molecule has 0 aliphatic carbocycles. The van der Waals surface area contributed by atoms with Crippen LogP contribution in [0.2, 0.25) is 0 Å². The summed E-state index contributed by atoms with van der Waals surface area (Å²) >= 11 is 1.79. The van der Waals surface area contributed by atoms with Crippen molar-refractivity contribution < 1.29 is 9.53 Å². The molecule has 0 N–H and O–H groups in total. The van der Waals surface area contributed by atoms with E-state index in [-0.39, 0.29) is 3.79 Å². The van der Waals surface area contributed by atoms with Crippen LogP contribution in [0, 0.1) is 0 Å². The van der Waals surface area contributed by atoms with E-state index in [0.717, 1.165) is 32.1 Å². The van der Waals surface area contributed by atoms with Gasteiger partial charge >= 0.3 is 0 Å². The maximum absolute atomic E-state index is 11.2. The number of pyridine rings is 1. The van der Waals surface area contributed by atoms with Crippen LogP contribution >= 0.6 is 22.6 Å². The summed E-state index contributed by atoms with van der Waals surface area (Å²) in [5.74, 6) is 0.862. The number of anilines is 1. The lowest BCUT2D eigenvalue weighted by atomic mass is 10.2. The maximum Gasteiger partial charge on any atom is 0.222 e. The Morgan fingerprint density at radius 2 is 2.20 bits per heavy atom. The molecule has 1 aromatic heterocycles. The predicted molar refractivity (Wildman–Crippen MR) is 65.6 cm³/mol. The lowest BCUT2D eigenvalue weighted by Gasteiger charge is -2.27. The number of halogens is 1. The molecule has 1 aliphatic heterocycles. The van der Waals surface area contributed by atoms with Crippen LogP contribution in [-0.2, 0) is 4.74 Å². The largest absolute Gasteiger partial charge is 0.378 e. The zero-order chi connectivity index (χ0) is 10.7. The van der Waals surface area contributed by atoms with E-state index in [0.29, 0.717) is 5.56 Å². The Bertz CT molecular complexity index is 364. The summed E-state index contributed by atoms with van der Waals surface area (Å²) < 4.78 is 5.31. The van der Waals surface area contributed by atoms with E-state index in [1.54, 1.807) is 34.9 Å². The normalized spacial score (nSPS) is 16.5. The van der Waals surface area contributed by atoms with Crippen molar-refractivity contribution in [3.05, 3.63) is 23.9 Å². The molecule has 15 heavy (non-hydrogen) atoms. The molecule has 0 aromatic carbocycles. The SMILES string of the molecule is O=C(I)c1ccnc(N2CCOCC2)c1. The van der Waals surface area contributed by atoms with Crippen LogP contribution in [0.3, 0.4) is 0 Å². The molecule has 1 aromatic rings. The van der Waals surface area contributed by atoms with Gasteiger partial charge in [0.15, 0.2) is 0 Å². The van der Waals surface area contributed by atoms with Crippen molar-refractivity contribution in [3.8, 4) is 0 Å². The van der Waals surface area contributed by atoms with Crippen LogP contribution < -0.4 is 4.90 Å². The van der Waals surface area contributed by atoms with Gasteiger partial charge in [0.1, 0.15) is 5.82 Å². The molecule has 2 rings (SSSR count). The minimum absolute atomic E-state index is 0.0458. The van der Waals surface area contributed by atoms with Gasteiger partial charge in [0, 0.05) is 47.4 Å². The van der Waals surface area contributed by atoms with Crippen molar-refractivity contribution in [2.24, 2.45) is 0 Å². The van der Waals surface area contributed by atoms with Crippen molar-refractivity contribution in [1.29, 1.82) is 0 Å². The van der Waals surface area contributed by atoms with E-state index in [1.165, 1.54) is 0 Å². The molecule has 0 radical (unpaired) electrons. The van der Waals surface area contributed by atoms with E-state index >= 15 is 0 Å². The molecule has 0 saturated carbocycles. The standard InChI is InChI=1S/C10H11IN2O2/c11-10(14)8-1-2-12-9(7-8)13-3-5-15-6-4-13/h1-2,7H,3-6H2. The molecule has 1 fully saturated rings. The van der Waals surface area contributed by atoms with Gasteiger partial charge in [0.25, 0.3) is 0 Å². The molecule has 5 heteroatoms. The molecule has 1 saturated heterocycles. The van der Waals surface area contributed by atoms with Crippen molar-refractivity contribution >= 4 is 32.2 Å². The molecule has 0 unspecified atom stereocenters. The highest BCUT2D eigenvalue weighted by Crippen LogP contribution is 2.15. The minimum Gasteiger partial charge on any atom is -0.378 e. The Hall–Kier alpha value is -0.690. The summed E-state index contributed by atoms with van der Waals surface area (Å²) in [4.78, 5) is 17.6. The third-order valence-corrected chi connectivity index (χ3v) is 2.93. The van der Waals surface area contributed by atoms with E-state index in [2.05, 4.69) is 9.88 Å². The first-order valence-corrected chi connectivity index (χ1v) is 5.84. The molecule has 80 valence electrons. The van der Waals surface area contributed by atoms with Gasteiger partial charge in [-0.3, -0.25) is 4.79 Å². The number of carbonyl (C=O) groups excluding carboxylic acids is 1. The quantitative estimate of drug-likeness (QED) is 0.612. The number of aromatic nitrogens is 1. The van der Waals surface area contributed by atoms with Gasteiger partial charge < -0.3 is 9.64 Å². The second kappa shape index (κ2) is 4.89. The summed E-state index contributed by atoms with van der Waals surface area (Å²) in [6.45, 7) is 3.13. The average molecular weight is 318 g/mol. The second-order valence-corrected chi connectivity index (χ2v) is 4.26. The third kappa shape index (κ3) is 2.66. The summed E-state index contributed by atoms with van der Waals surface area (Å²) in [5.41, 5.74) is 0.701. The highest BCUT2D eigenvalue weighted by molar-refractivity contribution is 14.1. The molecule has 1 aliphatic rings. The van der Waals surface area contributed by atoms with Gasteiger partial charge in [-0.25, -0.2) is 4.98 Å². The first-order valence-electron chi connectivity index (χ1n) is 4.76. The van der Waals surface area contributed by atoms with Gasteiger partial charge in [-0.15, -0.1) is 0 Å². The number of morpholine rings is 1. The number of carbonyl (C=O) groups is 1.